The molecule has 1 aliphatic heterocycles. The van der Waals surface area contributed by atoms with Crippen LogP contribution in [0.2, 0.25) is 0 Å². The van der Waals surface area contributed by atoms with E-state index < -0.39 is 10.1 Å². The molecule has 162 valence electrons. The lowest BCUT2D eigenvalue weighted by atomic mass is 10.1. The second kappa shape index (κ2) is 8.90. The number of nitrogens with zero attached hydrogens (tertiary/aromatic N) is 1. The van der Waals surface area contributed by atoms with Crippen LogP contribution in [0.25, 0.3) is 6.08 Å². The van der Waals surface area contributed by atoms with Crippen molar-refractivity contribution >= 4 is 56.1 Å². The van der Waals surface area contributed by atoms with Crippen molar-refractivity contribution in [2.24, 2.45) is 0 Å². The van der Waals surface area contributed by atoms with Gasteiger partial charge in [0.1, 0.15) is 10.6 Å². The Balaban J connectivity index is 1.59. The molecule has 0 spiro atoms. The first-order chi connectivity index (χ1) is 15.2. The maximum Gasteiger partial charge on any atom is 0.339 e. The number of aryl methyl sites for hydroxylation is 2. The number of hydrogen-bond donors (Lipinski definition) is 0. The van der Waals surface area contributed by atoms with Crippen molar-refractivity contribution in [3.05, 3.63) is 94.4 Å². The minimum atomic E-state index is -3.97. The summed E-state index contributed by atoms with van der Waals surface area (Å²) in [4.78, 5) is 15.1. The maximum absolute atomic E-state index is 13.0. The number of hydrogen-bond acceptors (Lipinski definition) is 6. The molecule has 4 rings (SSSR count). The van der Waals surface area contributed by atoms with Gasteiger partial charge in [0.2, 0.25) is 0 Å². The highest BCUT2D eigenvalue weighted by Crippen LogP contribution is 2.37. The molecule has 1 saturated heterocycles. The average Bonchev–Trinajstić information content (AvgIpc) is 3.01. The van der Waals surface area contributed by atoms with Crippen molar-refractivity contribution in [2.45, 2.75) is 18.7 Å². The van der Waals surface area contributed by atoms with E-state index in [-0.39, 0.29) is 16.6 Å². The summed E-state index contributed by atoms with van der Waals surface area (Å²) in [6.45, 7) is 3.80. The summed E-state index contributed by atoms with van der Waals surface area (Å²) in [5, 5.41) is 0. The third-order valence-electron chi connectivity index (χ3n) is 4.82. The quantitative estimate of drug-likeness (QED) is 0.273. The first-order valence-electron chi connectivity index (χ1n) is 9.69. The van der Waals surface area contributed by atoms with Gasteiger partial charge in [-0.3, -0.25) is 9.69 Å². The number of rotatable bonds is 5. The predicted molar refractivity (Wildman–Crippen MR) is 132 cm³/mol. The molecule has 3 aromatic rings. The van der Waals surface area contributed by atoms with E-state index in [1.807, 2.05) is 38.1 Å². The van der Waals surface area contributed by atoms with E-state index in [0.717, 1.165) is 16.8 Å². The van der Waals surface area contributed by atoms with Crippen molar-refractivity contribution < 1.29 is 17.4 Å². The molecule has 0 aromatic heterocycles. The number of benzene rings is 3. The first kappa shape index (κ1) is 22.3. The Labute approximate surface area is 196 Å². The first-order valence-corrected chi connectivity index (χ1v) is 12.3. The van der Waals surface area contributed by atoms with Crippen LogP contribution < -0.4 is 9.08 Å². The summed E-state index contributed by atoms with van der Waals surface area (Å²) in [7, 11) is -3.97. The van der Waals surface area contributed by atoms with Gasteiger partial charge in [0.05, 0.1) is 10.6 Å². The van der Waals surface area contributed by atoms with Gasteiger partial charge in [-0.25, -0.2) is 0 Å². The van der Waals surface area contributed by atoms with Gasteiger partial charge in [-0.1, -0.05) is 72.0 Å². The number of thiocarbonyl (C=S) groups is 1. The standard InChI is InChI=1S/C24H19NO4S3/c1-16-10-12-20(13-11-16)32(27,28)29-19-8-5-7-18(14-19)15-22-23(26)25(24(30)31-22)21-9-4-3-6-17(21)2/h3-15H,1-2H3/b22-15-. The molecule has 0 radical (unpaired) electrons. The molecular formula is C24H19NO4S3. The van der Waals surface area contributed by atoms with E-state index in [0.29, 0.717) is 14.8 Å². The van der Waals surface area contributed by atoms with Crippen molar-refractivity contribution in [2.75, 3.05) is 4.90 Å². The van der Waals surface area contributed by atoms with Crippen LogP contribution >= 0.6 is 24.0 Å². The fourth-order valence-electron chi connectivity index (χ4n) is 3.18. The molecule has 1 aliphatic rings. The summed E-state index contributed by atoms with van der Waals surface area (Å²) in [5.74, 6) is -0.0541. The minimum absolute atomic E-state index is 0.0765. The molecule has 0 saturated carbocycles. The normalized spacial score (nSPS) is 15.4. The monoisotopic (exact) mass is 481 g/mol. The van der Waals surface area contributed by atoms with Crippen molar-refractivity contribution in [1.82, 2.24) is 0 Å². The van der Waals surface area contributed by atoms with Gasteiger partial charge < -0.3 is 4.18 Å². The number of thioether (sulfide) groups is 1. The molecule has 32 heavy (non-hydrogen) atoms. The highest BCUT2D eigenvalue weighted by molar-refractivity contribution is 8.27. The van der Waals surface area contributed by atoms with Crippen LogP contribution in [0.5, 0.6) is 5.75 Å². The molecule has 1 heterocycles. The van der Waals surface area contributed by atoms with Gasteiger partial charge in [0.25, 0.3) is 5.91 Å². The molecular weight excluding hydrogens is 462 g/mol. The summed E-state index contributed by atoms with van der Waals surface area (Å²) < 4.78 is 30.9. The zero-order valence-corrected chi connectivity index (χ0v) is 19.8. The van der Waals surface area contributed by atoms with Gasteiger partial charge in [0.15, 0.2) is 4.32 Å². The van der Waals surface area contributed by atoms with Crippen molar-refractivity contribution in [3.8, 4) is 5.75 Å². The van der Waals surface area contributed by atoms with Gasteiger partial charge in [-0.15, -0.1) is 0 Å². The average molecular weight is 482 g/mol. The van der Waals surface area contributed by atoms with Crippen LogP contribution in [-0.2, 0) is 14.9 Å². The molecule has 0 bridgehead atoms. The highest BCUT2D eigenvalue weighted by Gasteiger charge is 2.34. The molecule has 0 atom stereocenters. The van der Waals surface area contributed by atoms with Crippen LogP contribution in [0, 0.1) is 13.8 Å². The Morgan fingerprint density at radius 3 is 2.41 bits per heavy atom. The molecule has 1 fully saturated rings. The summed E-state index contributed by atoms with van der Waals surface area (Å²) in [6.07, 6.45) is 1.68. The third kappa shape index (κ3) is 4.62. The number of para-hydroxylation sites is 1. The Morgan fingerprint density at radius 1 is 0.969 bits per heavy atom. The fourth-order valence-corrected chi connectivity index (χ4v) is 5.38. The molecule has 1 amide bonds. The van der Waals surface area contributed by atoms with Crippen LogP contribution in [0.3, 0.4) is 0 Å². The summed E-state index contributed by atoms with van der Waals surface area (Å²) in [6, 6.07) is 20.6. The zero-order valence-electron chi connectivity index (χ0n) is 17.3. The van der Waals surface area contributed by atoms with E-state index in [4.69, 9.17) is 16.4 Å². The number of anilines is 1. The SMILES string of the molecule is Cc1ccc(S(=O)(=O)Oc2cccc(/C=C3\SC(=S)N(c4ccccc4C)C3=O)c2)cc1. The molecule has 0 aliphatic carbocycles. The van der Waals surface area contributed by atoms with Gasteiger partial charge in [-0.05, 0) is 61.4 Å². The molecule has 0 unspecified atom stereocenters. The van der Waals surface area contributed by atoms with Crippen LogP contribution in [-0.4, -0.2) is 18.6 Å². The van der Waals surface area contributed by atoms with E-state index in [2.05, 4.69) is 0 Å². The van der Waals surface area contributed by atoms with Crippen LogP contribution in [0.4, 0.5) is 5.69 Å². The lowest BCUT2D eigenvalue weighted by molar-refractivity contribution is -0.113. The minimum Gasteiger partial charge on any atom is -0.379 e. The number of carbonyl (C=O) groups excluding carboxylic acids is 1. The highest BCUT2D eigenvalue weighted by atomic mass is 32.2. The third-order valence-corrected chi connectivity index (χ3v) is 7.39. The van der Waals surface area contributed by atoms with E-state index >= 15 is 0 Å². The Hall–Kier alpha value is -2.94. The largest absolute Gasteiger partial charge is 0.379 e. The lowest BCUT2D eigenvalue weighted by Crippen LogP contribution is -2.28. The molecule has 0 N–H and O–H groups in total. The number of amides is 1. The Kier molecular flexibility index (Phi) is 6.19. The van der Waals surface area contributed by atoms with Crippen LogP contribution in [0.1, 0.15) is 16.7 Å². The fraction of sp³-hybridized carbons (Fsp3) is 0.0833. The molecule has 8 heteroatoms. The van der Waals surface area contributed by atoms with Gasteiger partial charge >= 0.3 is 10.1 Å². The van der Waals surface area contributed by atoms with Crippen LogP contribution in [0.15, 0.2) is 82.6 Å². The maximum atomic E-state index is 13.0. The van der Waals surface area contributed by atoms with Gasteiger partial charge in [-0.2, -0.15) is 8.42 Å². The van der Waals surface area contributed by atoms with Crippen molar-refractivity contribution in [1.29, 1.82) is 0 Å². The Bertz CT molecular complexity index is 1350. The second-order valence-electron chi connectivity index (χ2n) is 7.23. The van der Waals surface area contributed by atoms with Gasteiger partial charge in [0, 0.05) is 0 Å². The number of carbonyl (C=O) groups is 1. The van der Waals surface area contributed by atoms with E-state index in [9.17, 15) is 13.2 Å². The molecule has 5 nitrogen and oxygen atoms in total. The smallest absolute Gasteiger partial charge is 0.339 e. The van der Waals surface area contributed by atoms with E-state index in [1.54, 1.807) is 42.5 Å². The second-order valence-corrected chi connectivity index (χ2v) is 10.4. The Morgan fingerprint density at radius 2 is 1.69 bits per heavy atom. The summed E-state index contributed by atoms with van der Waals surface area (Å²) in [5.41, 5.74) is 3.28. The predicted octanol–water partition coefficient (Wildman–Crippen LogP) is 5.48. The topological polar surface area (TPSA) is 63.7 Å². The van der Waals surface area contributed by atoms with Crippen molar-refractivity contribution in [3.63, 3.8) is 0 Å². The molecule has 3 aromatic carbocycles. The lowest BCUT2D eigenvalue weighted by Gasteiger charge is -2.16. The summed E-state index contributed by atoms with van der Waals surface area (Å²) >= 11 is 6.64. The zero-order chi connectivity index (χ0) is 22.9. The van der Waals surface area contributed by atoms with E-state index in [1.165, 1.54) is 28.8 Å².